The lowest BCUT2D eigenvalue weighted by Gasteiger charge is -2.35. The van der Waals surface area contributed by atoms with Crippen molar-refractivity contribution in [3.05, 3.63) is 35.4 Å². The molecule has 1 saturated heterocycles. The Balaban J connectivity index is 1.91. The van der Waals surface area contributed by atoms with Gasteiger partial charge in [-0.1, -0.05) is 36.8 Å². The molecule has 1 atom stereocenters. The maximum Gasteiger partial charge on any atom is 0.242 e. The Morgan fingerprint density at radius 3 is 2.55 bits per heavy atom. The van der Waals surface area contributed by atoms with Gasteiger partial charge in [-0.15, -0.1) is 11.8 Å². The molecule has 0 bridgehead atoms. The molecular weight excluding hydrogens is 296 g/mol. The standard InChI is InChI=1S/C17H24N2O2S/c1-4-22-14(3)17(21)19-10-9-18(16(20)12-19)11-15-7-5-13(2)6-8-15/h5-8,14H,4,9-12H2,1-3H3/t14-/m1/s1. The van der Waals surface area contributed by atoms with E-state index >= 15 is 0 Å². The summed E-state index contributed by atoms with van der Waals surface area (Å²) < 4.78 is 0. The molecule has 5 heteroatoms. The normalized spacial score (nSPS) is 16.8. The van der Waals surface area contributed by atoms with Gasteiger partial charge in [-0.2, -0.15) is 0 Å². The molecule has 1 heterocycles. The number of rotatable bonds is 5. The highest BCUT2D eigenvalue weighted by Crippen LogP contribution is 2.16. The first kappa shape index (κ1) is 16.9. The Hall–Kier alpha value is -1.49. The average Bonchev–Trinajstić information content (AvgIpc) is 2.51. The third-order valence-electron chi connectivity index (χ3n) is 3.89. The van der Waals surface area contributed by atoms with Gasteiger partial charge in [0.15, 0.2) is 0 Å². The summed E-state index contributed by atoms with van der Waals surface area (Å²) in [6, 6.07) is 8.23. The number of carbonyl (C=O) groups excluding carboxylic acids is 2. The van der Waals surface area contributed by atoms with Crippen molar-refractivity contribution in [1.82, 2.24) is 9.80 Å². The number of hydrogen-bond donors (Lipinski definition) is 0. The summed E-state index contributed by atoms with van der Waals surface area (Å²) >= 11 is 1.62. The maximum absolute atomic E-state index is 12.3. The molecule has 1 aromatic carbocycles. The summed E-state index contributed by atoms with van der Waals surface area (Å²) in [5, 5.41) is -0.0681. The Morgan fingerprint density at radius 1 is 1.27 bits per heavy atom. The monoisotopic (exact) mass is 320 g/mol. The molecule has 0 aromatic heterocycles. The van der Waals surface area contributed by atoms with Crippen LogP contribution in [0, 0.1) is 6.92 Å². The molecule has 0 aliphatic carbocycles. The van der Waals surface area contributed by atoms with E-state index < -0.39 is 0 Å². The van der Waals surface area contributed by atoms with Crippen molar-refractivity contribution in [3.8, 4) is 0 Å². The lowest BCUT2D eigenvalue weighted by Crippen LogP contribution is -2.53. The summed E-state index contributed by atoms with van der Waals surface area (Å²) in [4.78, 5) is 28.1. The molecule has 0 N–H and O–H groups in total. The number of thioether (sulfide) groups is 1. The molecule has 120 valence electrons. The van der Waals surface area contributed by atoms with Gasteiger partial charge < -0.3 is 9.80 Å². The number of hydrogen-bond acceptors (Lipinski definition) is 3. The van der Waals surface area contributed by atoms with Crippen molar-refractivity contribution < 1.29 is 9.59 Å². The molecule has 4 nitrogen and oxygen atoms in total. The fourth-order valence-corrected chi connectivity index (χ4v) is 3.35. The van der Waals surface area contributed by atoms with Crippen molar-refractivity contribution in [2.75, 3.05) is 25.4 Å². The van der Waals surface area contributed by atoms with Gasteiger partial charge in [0, 0.05) is 19.6 Å². The third-order valence-corrected chi connectivity index (χ3v) is 4.92. The number of amides is 2. The first-order chi connectivity index (χ1) is 10.5. The van der Waals surface area contributed by atoms with Crippen LogP contribution >= 0.6 is 11.8 Å². The molecule has 0 unspecified atom stereocenters. The van der Waals surface area contributed by atoms with Gasteiger partial charge in [0.2, 0.25) is 11.8 Å². The molecule has 0 radical (unpaired) electrons. The third kappa shape index (κ3) is 4.26. The maximum atomic E-state index is 12.3. The molecule has 2 rings (SSSR count). The van der Waals surface area contributed by atoms with Gasteiger partial charge >= 0.3 is 0 Å². The van der Waals surface area contributed by atoms with Crippen molar-refractivity contribution in [3.63, 3.8) is 0 Å². The van der Waals surface area contributed by atoms with E-state index in [1.165, 1.54) is 5.56 Å². The Bertz CT molecular complexity index is 530. The van der Waals surface area contributed by atoms with E-state index in [-0.39, 0.29) is 23.6 Å². The number of aryl methyl sites for hydroxylation is 1. The van der Waals surface area contributed by atoms with Gasteiger partial charge in [0.1, 0.15) is 0 Å². The number of nitrogens with zero attached hydrogens (tertiary/aromatic N) is 2. The van der Waals surface area contributed by atoms with E-state index in [9.17, 15) is 9.59 Å². The topological polar surface area (TPSA) is 40.6 Å². The largest absolute Gasteiger partial charge is 0.335 e. The van der Waals surface area contributed by atoms with Crippen LogP contribution in [0.5, 0.6) is 0 Å². The smallest absolute Gasteiger partial charge is 0.242 e. The van der Waals surface area contributed by atoms with Gasteiger partial charge in [0.05, 0.1) is 11.8 Å². The van der Waals surface area contributed by atoms with Crippen LogP contribution in [0.1, 0.15) is 25.0 Å². The lowest BCUT2D eigenvalue weighted by atomic mass is 10.1. The van der Waals surface area contributed by atoms with Crippen LogP contribution in [-0.2, 0) is 16.1 Å². The predicted molar refractivity (Wildman–Crippen MR) is 90.8 cm³/mol. The molecule has 2 amide bonds. The zero-order valence-corrected chi connectivity index (χ0v) is 14.4. The second kappa shape index (κ2) is 7.68. The first-order valence-electron chi connectivity index (χ1n) is 7.75. The first-order valence-corrected chi connectivity index (χ1v) is 8.80. The lowest BCUT2D eigenvalue weighted by molar-refractivity contribution is -0.145. The molecule has 22 heavy (non-hydrogen) atoms. The highest BCUT2D eigenvalue weighted by molar-refractivity contribution is 8.00. The highest BCUT2D eigenvalue weighted by Gasteiger charge is 2.29. The van der Waals surface area contributed by atoms with Crippen LogP contribution in [0.3, 0.4) is 0 Å². The fraction of sp³-hybridized carbons (Fsp3) is 0.529. The van der Waals surface area contributed by atoms with Gasteiger partial charge in [-0.3, -0.25) is 9.59 Å². The molecule has 1 aliphatic heterocycles. The molecular formula is C17H24N2O2S. The predicted octanol–water partition coefficient (Wildman–Crippen LogP) is 2.31. The quantitative estimate of drug-likeness (QED) is 0.836. The van der Waals surface area contributed by atoms with Crippen LogP contribution in [-0.4, -0.2) is 52.3 Å². The van der Waals surface area contributed by atoms with Crippen LogP contribution in [0.25, 0.3) is 0 Å². The van der Waals surface area contributed by atoms with Crippen molar-refractivity contribution >= 4 is 23.6 Å². The van der Waals surface area contributed by atoms with E-state index in [4.69, 9.17) is 0 Å². The van der Waals surface area contributed by atoms with Crippen LogP contribution in [0.4, 0.5) is 0 Å². The van der Waals surface area contributed by atoms with Crippen LogP contribution in [0.2, 0.25) is 0 Å². The summed E-state index contributed by atoms with van der Waals surface area (Å²) in [6.45, 7) is 8.08. The van der Waals surface area contributed by atoms with E-state index in [0.29, 0.717) is 19.6 Å². The molecule has 1 aliphatic rings. The van der Waals surface area contributed by atoms with E-state index in [1.54, 1.807) is 16.7 Å². The van der Waals surface area contributed by atoms with E-state index in [0.717, 1.165) is 11.3 Å². The van der Waals surface area contributed by atoms with Crippen molar-refractivity contribution in [2.24, 2.45) is 0 Å². The van der Waals surface area contributed by atoms with Crippen molar-refractivity contribution in [2.45, 2.75) is 32.6 Å². The fourth-order valence-electron chi connectivity index (χ4n) is 2.56. The minimum absolute atomic E-state index is 0.0360. The number of carbonyl (C=O) groups is 2. The Labute approximate surface area is 136 Å². The van der Waals surface area contributed by atoms with Gasteiger partial charge in [-0.25, -0.2) is 0 Å². The van der Waals surface area contributed by atoms with Crippen molar-refractivity contribution in [1.29, 1.82) is 0 Å². The minimum Gasteiger partial charge on any atom is -0.335 e. The Kier molecular flexibility index (Phi) is 5.89. The molecule has 1 fully saturated rings. The number of piperazine rings is 1. The van der Waals surface area contributed by atoms with Crippen LogP contribution in [0.15, 0.2) is 24.3 Å². The summed E-state index contributed by atoms with van der Waals surface area (Å²) in [6.07, 6.45) is 0. The van der Waals surface area contributed by atoms with Crippen LogP contribution < -0.4 is 0 Å². The van der Waals surface area contributed by atoms with Gasteiger partial charge in [-0.05, 0) is 25.2 Å². The van der Waals surface area contributed by atoms with Gasteiger partial charge in [0.25, 0.3) is 0 Å². The molecule has 1 aromatic rings. The second-order valence-corrected chi connectivity index (χ2v) is 7.28. The Morgan fingerprint density at radius 2 is 1.95 bits per heavy atom. The second-order valence-electron chi connectivity index (χ2n) is 5.66. The average molecular weight is 320 g/mol. The summed E-state index contributed by atoms with van der Waals surface area (Å²) in [7, 11) is 0. The van der Waals surface area contributed by atoms with E-state index in [1.807, 2.05) is 18.7 Å². The van der Waals surface area contributed by atoms with E-state index in [2.05, 4.69) is 31.2 Å². The summed E-state index contributed by atoms with van der Waals surface area (Å²) in [5.74, 6) is 1.03. The minimum atomic E-state index is -0.0681. The molecule has 0 saturated carbocycles. The molecule has 0 spiro atoms. The number of benzene rings is 1. The highest BCUT2D eigenvalue weighted by atomic mass is 32.2. The summed E-state index contributed by atoms with van der Waals surface area (Å²) in [5.41, 5.74) is 2.35. The SMILES string of the molecule is CCS[C@H](C)C(=O)N1CCN(Cc2ccc(C)cc2)C(=O)C1. The zero-order chi connectivity index (χ0) is 16.1. The zero-order valence-electron chi connectivity index (χ0n) is 13.5.